The monoisotopic (exact) mass is 233 g/mol. The van der Waals surface area contributed by atoms with Gasteiger partial charge < -0.3 is 9.47 Å². The number of carbonyl (C=O) groups excluding carboxylic acids is 1. The van der Waals surface area contributed by atoms with Crippen LogP contribution >= 0.6 is 0 Å². The predicted octanol–water partition coefficient (Wildman–Crippen LogP) is 2.14. The molecule has 0 saturated carbocycles. The highest BCUT2D eigenvalue weighted by Gasteiger charge is 2.29. The first-order valence-corrected chi connectivity index (χ1v) is 5.21. The number of benzene rings is 1. The molecule has 0 heterocycles. The molecule has 0 atom stereocenters. The summed E-state index contributed by atoms with van der Waals surface area (Å²) in [5.41, 5.74) is -0.287. The van der Waals surface area contributed by atoms with Gasteiger partial charge in [0.15, 0.2) is 0 Å². The van der Waals surface area contributed by atoms with Crippen LogP contribution in [0.5, 0.6) is 5.75 Å². The summed E-state index contributed by atoms with van der Waals surface area (Å²) in [6.45, 7) is 3.63. The molecular weight excluding hydrogens is 218 g/mol. The fraction of sp³-hybridized carbons (Fsp3) is 0.385. The molecule has 0 spiro atoms. The lowest BCUT2D eigenvalue weighted by Gasteiger charge is -2.21. The second-order valence-electron chi connectivity index (χ2n) is 4.27. The smallest absolute Gasteiger partial charge is 0.314 e. The Balaban J connectivity index is 2.74. The zero-order valence-corrected chi connectivity index (χ0v) is 10.2. The number of carbonyl (C=O) groups is 1. The molecule has 0 aromatic heterocycles. The van der Waals surface area contributed by atoms with E-state index in [0.717, 1.165) is 0 Å². The molecule has 0 aliphatic heterocycles. The van der Waals surface area contributed by atoms with Gasteiger partial charge >= 0.3 is 5.97 Å². The van der Waals surface area contributed by atoms with Gasteiger partial charge in [-0.25, -0.2) is 0 Å². The molecule has 4 nitrogen and oxygen atoms in total. The Morgan fingerprint density at radius 1 is 1.41 bits per heavy atom. The van der Waals surface area contributed by atoms with Crippen LogP contribution in [-0.2, 0) is 9.53 Å². The van der Waals surface area contributed by atoms with Gasteiger partial charge in [0, 0.05) is 0 Å². The van der Waals surface area contributed by atoms with Crippen LogP contribution in [0.25, 0.3) is 0 Å². The van der Waals surface area contributed by atoms with Crippen molar-refractivity contribution in [2.24, 2.45) is 5.41 Å². The van der Waals surface area contributed by atoms with Gasteiger partial charge in [-0.1, -0.05) is 12.1 Å². The molecule has 0 fully saturated rings. The number of ether oxygens (including phenoxy) is 2. The van der Waals surface area contributed by atoms with Crippen molar-refractivity contribution in [3.8, 4) is 11.8 Å². The second kappa shape index (κ2) is 5.35. The van der Waals surface area contributed by atoms with Crippen molar-refractivity contribution >= 4 is 5.97 Å². The van der Waals surface area contributed by atoms with E-state index in [1.165, 1.54) is 7.11 Å². The third kappa shape index (κ3) is 3.22. The maximum Gasteiger partial charge on any atom is 0.314 e. The van der Waals surface area contributed by atoms with Crippen LogP contribution in [0.1, 0.15) is 19.4 Å². The molecule has 1 aromatic carbocycles. The minimum Gasteiger partial charge on any atom is -0.491 e. The molecule has 0 aliphatic rings. The summed E-state index contributed by atoms with van der Waals surface area (Å²) in [7, 11) is 1.34. The van der Waals surface area contributed by atoms with E-state index in [1.54, 1.807) is 38.1 Å². The van der Waals surface area contributed by atoms with Gasteiger partial charge in [-0.05, 0) is 26.0 Å². The molecule has 0 saturated heterocycles. The third-order valence-corrected chi connectivity index (χ3v) is 2.33. The van der Waals surface area contributed by atoms with Gasteiger partial charge in [-0.15, -0.1) is 0 Å². The van der Waals surface area contributed by atoms with Crippen LogP contribution in [0, 0.1) is 16.7 Å². The lowest BCUT2D eigenvalue weighted by Crippen LogP contribution is -2.32. The number of esters is 1. The summed E-state index contributed by atoms with van der Waals surface area (Å²) in [5, 5.41) is 8.88. The number of hydrogen-bond donors (Lipinski definition) is 0. The van der Waals surface area contributed by atoms with Crippen molar-refractivity contribution in [2.75, 3.05) is 13.7 Å². The summed E-state index contributed by atoms with van der Waals surface area (Å²) < 4.78 is 10.2. The fourth-order valence-corrected chi connectivity index (χ4v) is 1.28. The number of hydrogen-bond acceptors (Lipinski definition) is 4. The van der Waals surface area contributed by atoms with Crippen molar-refractivity contribution in [1.82, 2.24) is 0 Å². The van der Waals surface area contributed by atoms with Crippen molar-refractivity contribution in [2.45, 2.75) is 13.8 Å². The van der Waals surface area contributed by atoms with Crippen molar-refractivity contribution in [3.05, 3.63) is 29.8 Å². The van der Waals surface area contributed by atoms with E-state index in [-0.39, 0.29) is 12.6 Å². The van der Waals surface area contributed by atoms with E-state index < -0.39 is 5.41 Å². The van der Waals surface area contributed by atoms with E-state index in [4.69, 9.17) is 10.00 Å². The molecule has 0 amide bonds. The van der Waals surface area contributed by atoms with Crippen LogP contribution in [0.4, 0.5) is 0 Å². The minimum atomic E-state index is -0.739. The molecule has 1 aromatic rings. The van der Waals surface area contributed by atoms with Crippen molar-refractivity contribution in [1.29, 1.82) is 5.26 Å². The van der Waals surface area contributed by atoms with E-state index in [0.29, 0.717) is 11.3 Å². The van der Waals surface area contributed by atoms with Crippen molar-refractivity contribution < 1.29 is 14.3 Å². The van der Waals surface area contributed by atoms with Crippen LogP contribution in [0.3, 0.4) is 0 Å². The SMILES string of the molecule is COC(=O)C(C)(C)COc1ccccc1C#N. The van der Waals surface area contributed by atoms with E-state index in [9.17, 15) is 4.79 Å². The molecule has 17 heavy (non-hydrogen) atoms. The Morgan fingerprint density at radius 3 is 2.65 bits per heavy atom. The lowest BCUT2D eigenvalue weighted by molar-refractivity contribution is -0.152. The number of para-hydroxylation sites is 1. The van der Waals surface area contributed by atoms with Gasteiger partial charge in [0.2, 0.25) is 0 Å². The number of methoxy groups -OCH3 is 1. The average molecular weight is 233 g/mol. The Morgan fingerprint density at radius 2 is 2.06 bits per heavy atom. The number of rotatable bonds is 4. The fourth-order valence-electron chi connectivity index (χ4n) is 1.28. The van der Waals surface area contributed by atoms with Gasteiger partial charge in [-0.3, -0.25) is 4.79 Å². The Bertz CT molecular complexity index is 446. The number of nitrogens with zero attached hydrogens (tertiary/aromatic N) is 1. The number of nitriles is 1. The largest absolute Gasteiger partial charge is 0.491 e. The predicted molar refractivity (Wildman–Crippen MR) is 62.4 cm³/mol. The average Bonchev–Trinajstić information content (AvgIpc) is 2.35. The quantitative estimate of drug-likeness (QED) is 0.747. The second-order valence-corrected chi connectivity index (χ2v) is 4.27. The first-order valence-electron chi connectivity index (χ1n) is 5.21. The molecule has 0 bridgehead atoms. The molecule has 0 N–H and O–H groups in total. The first-order chi connectivity index (χ1) is 8.01. The normalized spacial score (nSPS) is 10.5. The molecule has 0 aliphatic carbocycles. The molecular formula is C13H15NO3. The Hall–Kier alpha value is -2.02. The van der Waals surface area contributed by atoms with E-state index >= 15 is 0 Å². The molecule has 0 radical (unpaired) electrons. The summed E-state index contributed by atoms with van der Waals surface area (Å²) >= 11 is 0. The van der Waals surface area contributed by atoms with Gasteiger partial charge in [-0.2, -0.15) is 5.26 Å². The topological polar surface area (TPSA) is 59.3 Å². The zero-order chi connectivity index (χ0) is 12.9. The Kier molecular flexibility index (Phi) is 4.11. The molecule has 0 unspecified atom stereocenters. The lowest BCUT2D eigenvalue weighted by atomic mass is 9.95. The van der Waals surface area contributed by atoms with E-state index in [1.807, 2.05) is 6.07 Å². The van der Waals surface area contributed by atoms with Crippen LogP contribution in [0.2, 0.25) is 0 Å². The summed E-state index contributed by atoms with van der Waals surface area (Å²) in [4.78, 5) is 11.4. The highest BCUT2D eigenvalue weighted by atomic mass is 16.5. The third-order valence-electron chi connectivity index (χ3n) is 2.33. The van der Waals surface area contributed by atoms with Crippen LogP contribution in [-0.4, -0.2) is 19.7 Å². The van der Waals surface area contributed by atoms with Crippen LogP contribution < -0.4 is 4.74 Å². The maximum absolute atomic E-state index is 11.4. The molecule has 1 rings (SSSR count). The van der Waals surface area contributed by atoms with Crippen molar-refractivity contribution in [3.63, 3.8) is 0 Å². The van der Waals surface area contributed by atoms with Crippen LogP contribution in [0.15, 0.2) is 24.3 Å². The first kappa shape index (κ1) is 13.0. The highest BCUT2D eigenvalue weighted by Crippen LogP contribution is 2.22. The Labute approximate surface area is 101 Å². The summed E-state index contributed by atoms with van der Waals surface area (Å²) in [6, 6.07) is 8.94. The summed E-state index contributed by atoms with van der Waals surface area (Å²) in [6.07, 6.45) is 0. The van der Waals surface area contributed by atoms with Gasteiger partial charge in [0.1, 0.15) is 18.4 Å². The standard InChI is InChI=1S/C13H15NO3/c1-13(2,12(15)16-3)9-17-11-7-5-4-6-10(11)8-14/h4-7H,9H2,1-3H3. The zero-order valence-electron chi connectivity index (χ0n) is 10.2. The van der Waals surface area contributed by atoms with E-state index in [2.05, 4.69) is 4.74 Å². The molecule has 90 valence electrons. The minimum absolute atomic E-state index is 0.165. The highest BCUT2D eigenvalue weighted by molar-refractivity contribution is 5.75. The molecule has 4 heteroatoms. The maximum atomic E-state index is 11.4. The van der Waals surface area contributed by atoms with Gasteiger partial charge in [0.25, 0.3) is 0 Å². The summed E-state index contributed by atoms with van der Waals surface area (Å²) in [5.74, 6) is 0.138. The van der Waals surface area contributed by atoms with Gasteiger partial charge in [0.05, 0.1) is 18.1 Å².